The molecule has 7 nitrogen and oxygen atoms in total. The van der Waals surface area contributed by atoms with E-state index in [2.05, 4.69) is 10.5 Å². The molecule has 2 rings (SSSR count). The number of nitrogens with zero attached hydrogens (tertiary/aromatic N) is 1. The molecule has 0 aliphatic rings. The number of hydrogen-bond donors (Lipinski definition) is 2. The Morgan fingerprint density at radius 2 is 1.58 bits per heavy atom. The minimum absolute atomic E-state index is 0.316. The summed E-state index contributed by atoms with van der Waals surface area (Å²) in [4.78, 5) is 12.6. The average Bonchev–Trinajstić information content (AvgIpc) is 2.68. The van der Waals surface area contributed by atoms with Gasteiger partial charge in [-0.1, -0.05) is 24.2 Å². The number of anilines is 1. The normalized spacial score (nSPS) is 11.0. The summed E-state index contributed by atoms with van der Waals surface area (Å²) in [6, 6.07) is 10.2. The molecule has 1 amide bonds. The second kappa shape index (κ2) is 8.75. The fourth-order valence-electron chi connectivity index (χ4n) is 2.49. The van der Waals surface area contributed by atoms with Gasteiger partial charge in [-0.2, -0.15) is 0 Å². The maximum absolute atomic E-state index is 12.6. The molecule has 0 radical (unpaired) electrons. The molecule has 0 aliphatic carbocycles. The molecule has 0 fully saturated rings. The van der Waals surface area contributed by atoms with Crippen molar-refractivity contribution in [2.24, 2.45) is 5.16 Å². The van der Waals surface area contributed by atoms with Crippen molar-refractivity contribution < 1.29 is 24.2 Å². The zero-order valence-electron chi connectivity index (χ0n) is 15.2. The van der Waals surface area contributed by atoms with E-state index in [1.165, 1.54) is 21.3 Å². The van der Waals surface area contributed by atoms with Crippen LogP contribution in [0.15, 0.2) is 41.6 Å². The number of ether oxygens (including phenoxy) is 3. The van der Waals surface area contributed by atoms with Crippen molar-refractivity contribution in [3.05, 3.63) is 47.5 Å². The lowest BCUT2D eigenvalue weighted by Gasteiger charge is -2.14. The summed E-state index contributed by atoms with van der Waals surface area (Å²) in [5, 5.41) is 15.0. The average molecular weight is 358 g/mol. The highest BCUT2D eigenvalue weighted by molar-refractivity contribution is 6.05. The van der Waals surface area contributed by atoms with Crippen molar-refractivity contribution in [3.63, 3.8) is 0 Å². The summed E-state index contributed by atoms with van der Waals surface area (Å²) < 4.78 is 15.8. The molecule has 0 saturated carbocycles. The molecule has 0 aliphatic heterocycles. The van der Waals surface area contributed by atoms with Gasteiger partial charge >= 0.3 is 0 Å². The first-order valence-electron chi connectivity index (χ1n) is 8.00. The molecule has 0 heterocycles. The first-order chi connectivity index (χ1) is 12.6. The number of hydrogen-bond acceptors (Lipinski definition) is 6. The van der Waals surface area contributed by atoms with Crippen LogP contribution in [0.5, 0.6) is 17.2 Å². The first kappa shape index (κ1) is 19.1. The third kappa shape index (κ3) is 4.05. The number of carbonyl (C=O) groups excluding carboxylic acids is 1. The third-order valence-corrected chi connectivity index (χ3v) is 3.86. The fourth-order valence-corrected chi connectivity index (χ4v) is 2.49. The Kier molecular flexibility index (Phi) is 6.43. The van der Waals surface area contributed by atoms with Crippen LogP contribution in [0.1, 0.15) is 29.3 Å². The van der Waals surface area contributed by atoms with Crippen molar-refractivity contribution in [1.82, 2.24) is 0 Å². The van der Waals surface area contributed by atoms with Gasteiger partial charge < -0.3 is 24.7 Å². The molecule has 0 unspecified atom stereocenters. The summed E-state index contributed by atoms with van der Waals surface area (Å²) in [5.41, 5.74) is 2.35. The molecule has 0 atom stereocenters. The number of rotatable bonds is 7. The van der Waals surface area contributed by atoms with E-state index < -0.39 is 0 Å². The van der Waals surface area contributed by atoms with Crippen LogP contribution in [0.3, 0.4) is 0 Å². The van der Waals surface area contributed by atoms with Gasteiger partial charge in [0.25, 0.3) is 5.91 Å². The molecule has 0 spiro atoms. The standard InChI is InChI=1S/C19H22N2O5/c1-5-15(21-23)12-6-8-14(9-7-12)20-19(22)13-10-16(24-2)18(26-4)17(11-13)25-3/h6-11,23H,5H2,1-4H3,(H,20,22)/b21-15+. The largest absolute Gasteiger partial charge is 0.493 e. The molecule has 2 aromatic carbocycles. The second-order valence-corrected chi connectivity index (χ2v) is 5.35. The monoisotopic (exact) mass is 358 g/mol. The minimum atomic E-state index is -0.316. The van der Waals surface area contributed by atoms with E-state index in [0.717, 1.165) is 5.56 Å². The van der Waals surface area contributed by atoms with Crippen molar-refractivity contribution in [2.45, 2.75) is 13.3 Å². The molecule has 7 heteroatoms. The van der Waals surface area contributed by atoms with E-state index in [4.69, 9.17) is 19.4 Å². The van der Waals surface area contributed by atoms with Crippen LogP contribution < -0.4 is 19.5 Å². The number of methoxy groups -OCH3 is 3. The highest BCUT2D eigenvalue weighted by Crippen LogP contribution is 2.38. The van der Waals surface area contributed by atoms with Gasteiger partial charge in [-0.15, -0.1) is 0 Å². The SMILES string of the molecule is CC/C(=N\O)c1ccc(NC(=O)c2cc(OC)c(OC)c(OC)c2)cc1. The van der Waals surface area contributed by atoms with Crippen LogP contribution in [0.2, 0.25) is 0 Å². The summed E-state index contributed by atoms with van der Waals surface area (Å²) in [5.74, 6) is 0.910. The highest BCUT2D eigenvalue weighted by Gasteiger charge is 2.17. The lowest BCUT2D eigenvalue weighted by atomic mass is 10.1. The van der Waals surface area contributed by atoms with Gasteiger partial charge in [-0.3, -0.25) is 4.79 Å². The molecule has 138 valence electrons. The number of carbonyl (C=O) groups is 1. The Morgan fingerprint density at radius 3 is 2.00 bits per heavy atom. The van der Waals surface area contributed by atoms with Crippen LogP contribution in [-0.4, -0.2) is 38.2 Å². The van der Waals surface area contributed by atoms with Gasteiger partial charge in [0.05, 0.1) is 27.0 Å². The third-order valence-electron chi connectivity index (χ3n) is 3.86. The Bertz CT molecular complexity index is 775. The van der Waals surface area contributed by atoms with E-state index in [0.29, 0.717) is 40.6 Å². The van der Waals surface area contributed by atoms with Gasteiger partial charge in [0.1, 0.15) is 0 Å². The lowest BCUT2D eigenvalue weighted by molar-refractivity contribution is 0.102. The maximum atomic E-state index is 12.6. The van der Waals surface area contributed by atoms with Crippen LogP contribution in [0.25, 0.3) is 0 Å². The molecule has 0 saturated heterocycles. The quantitative estimate of drug-likeness (QED) is 0.449. The fraction of sp³-hybridized carbons (Fsp3) is 0.263. The Morgan fingerprint density at radius 1 is 1.00 bits per heavy atom. The van der Waals surface area contributed by atoms with Gasteiger partial charge in [0, 0.05) is 11.3 Å². The summed E-state index contributed by atoms with van der Waals surface area (Å²) in [6.07, 6.45) is 0.605. The van der Waals surface area contributed by atoms with Crippen LogP contribution in [0, 0.1) is 0 Å². The lowest BCUT2D eigenvalue weighted by Crippen LogP contribution is -2.13. The highest BCUT2D eigenvalue weighted by atomic mass is 16.5. The smallest absolute Gasteiger partial charge is 0.255 e. The van der Waals surface area contributed by atoms with E-state index in [1.54, 1.807) is 36.4 Å². The summed E-state index contributed by atoms with van der Waals surface area (Å²) in [7, 11) is 4.49. The van der Waals surface area contributed by atoms with Crippen molar-refractivity contribution >= 4 is 17.3 Å². The molecular formula is C19H22N2O5. The topological polar surface area (TPSA) is 89.4 Å². The predicted molar refractivity (Wildman–Crippen MR) is 99.1 cm³/mol. The van der Waals surface area contributed by atoms with Gasteiger partial charge in [0.15, 0.2) is 11.5 Å². The number of benzene rings is 2. The van der Waals surface area contributed by atoms with Crippen molar-refractivity contribution in [3.8, 4) is 17.2 Å². The number of oxime groups is 1. The Labute approximate surface area is 152 Å². The molecular weight excluding hydrogens is 336 g/mol. The van der Waals surface area contributed by atoms with E-state index in [9.17, 15) is 4.79 Å². The number of amides is 1. The number of nitrogens with one attached hydrogen (secondary N) is 1. The first-order valence-corrected chi connectivity index (χ1v) is 8.00. The van der Waals surface area contributed by atoms with E-state index >= 15 is 0 Å². The van der Waals surface area contributed by atoms with Gasteiger partial charge in [-0.05, 0) is 36.2 Å². The zero-order chi connectivity index (χ0) is 19.1. The van der Waals surface area contributed by atoms with Crippen LogP contribution >= 0.6 is 0 Å². The van der Waals surface area contributed by atoms with E-state index in [-0.39, 0.29) is 5.91 Å². The summed E-state index contributed by atoms with van der Waals surface area (Å²) >= 11 is 0. The van der Waals surface area contributed by atoms with Crippen LogP contribution in [-0.2, 0) is 0 Å². The maximum Gasteiger partial charge on any atom is 0.255 e. The van der Waals surface area contributed by atoms with E-state index in [1.807, 2.05) is 6.92 Å². The molecule has 2 N–H and O–H groups in total. The molecule has 0 bridgehead atoms. The minimum Gasteiger partial charge on any atom is -0.493 e. The van der Waals surface area contributed by atoms with Gasteiger partial charge in [-0.25, -0.2) is 0 Å². The Balaban J connectivity index is 2.24. The van der Waals surface area contributed by atoms with Crippen LogP contribution in [0.4, 0.5) is 5.69 Å². The molecule has 2 aromatic rings. The van der Waals surface area contributed by atoms with Gasteiger partial charge in [0.2, 0.25) is 5.75 Å². The van der Waals surface area contributed by atoms with Crippen molar-refractivity contribution in [1.29, 1.82) is 0 Å². The molecule has 26 heavy (non-hydrogen) atoms. The summed E-state index contributed by atoms with van der Waals surface area (Å²) in [6.45, 7) is 1.90. The molecule has 0 aromatic heterocycles. The predicted octanol–water partition coefficient (Wildman–Crippen LogP) is 3.55. The second-order valence-electron chi connectivity index (χ2n) is 5.35. The zero-order valence-corrected chi connectivity index (χ0v) is 15.2. The van der Waals surface area contributed by atoms with Crippen molar-refractivity contribution in [2.75, 3.05) is 26.6 Å². The Hall–Kier alpha value is -3.22.